The molecule has 0 aromatic rings. The smallest absolute Gasteiger partial charge is 0.327 e. The molecule has 0 spiro atoms. The SMILES string of the molecule is C[C@@H]1C[C@@H]1N1C[C@@H](N2C(=O)[C@H]3CCCN3C2=O)CC1=O. The van der Waals surface area contributed by atoms with Crippen molar-refractivity contribution >= 4 is 17.8 Å². The lowest BCUT2D eigenvalue weighted by molar-refractivity contribution is -0.129. The van der Waals surface area contributed by atoms with Gasteiger partial charge in [-0.05, 0) is 25.2 Å². The molecular formula is C14H19N3O3. The monoisotopic (exact) mass is 277 g/mol. The summed E-state index contributed by atoms with van der Waals surface area (Å²) in [7, 11) is 0. The van der Waals surface area contributed by atoms with Crippen molar-refractivity contribution in [2.75, 3.05) is 13.1 Å². The zero-order valence-corrected chi connectivity index (χ0v) is 11.6. The summed E-state index contributed by atoms with van der Waals surface area (Å²) < 4.78 is 0. The highest BCUT2D eigenvalue weighted by Gasteiger charge is 2.53. The van der Waals surface area contributed by atoms with Gasteiger partial charge in [0.15, 0.2) is 0 Å². The molecule has 1 aliphatic carbocycles. The van der Waals surface area contributed by atoms with Gasteiger partial charge in [0.05, 0.1) is 6.04 Å². The van der Waals surface area contributed by atoms with Gasteiger partial charge in [-0.1, -0.05) is 6.92 Å². The lowest BCUT2D eigenvalue weighted by Crippen LogP contribution is -2.43. The third-order valence-corrected chi connectivity index (χ3v) is 5.20. The van der Waals surface area contributed by atoms with Gasteiger partial charge >= 0.3 is 6.03 Å². The maximum atomic E-state index is 12.4. The van der Waals surface area contributed by atoms with E-state index in [1.807, 2.05) is 4.90 Å². The molecule has 0 N–H and O–H groups in total. The van der Waals surface area contributed by atoms with Crippen LogP contribution in [0.1, 0.15) is 32.6 Å². The summed E-state index contributed by atoms with van der Waals surface area (Å²) >= 11 is 0. The van der Waals surface area contributed by atoms with E-state index >= 15 is 0 Å². The zero-order valence-electron chi connectivity index (χ0n) is 11.6. The molecule has 3 aliphatic heterocycles. The maximum Gasteiger partial charge on any atom is 0.327 e. The Kier molecular flexibility index (Phi) is 2.41. The minimum Gasteiger partial charge on any atom is -0.337 e. The number of imide groups is 1. The molecule has 3 heterocycles. The van der Waals surface area contributed by atoms with Crippen molar-refractivity contribution < 1.29 is 14.4 Å². The Bertz CT molecular complexity index is 484. The maximum absolute atomic E-state index is 12.4. The third-order valence-electron chi connectivity index (χ3n) is 5.20. The molecule has 6 nitrogen and oxygen atoms in total. The van der Waals surface area contributed by atoms with Crippen LogP contribution in [0.5, 0.6) is 0 Å². The number of rotatable bonds is 2. The number of hydrogen-bond donors (Lipinski definition) is 0. The fourth-order valence-corrected chi connectivity index (χ4v) is 3.92. The summed E-state index contributed by atoms with van der Waals surface area (Å²) in [4.78, 5) is 41.7. The number of hydrogen-bond acceptors (Lipinski definition) is 3. The Hall–Kier alpha value is -1.59. The molecule has 108 valence electrons. The Labute approximate surface area is 117 Å². The minimum atomic E-state index is -0.258. The van der Waals surface area contributed by atoms with E-state index in [0.29, 0.717) is 31.5 Å². The molecule has 1 saturated carbocycles. The van der Waals surface area contributed by atoms with Crippen LogP contribution in [-0.2, 0) is 9.59 Å². The second-order valence-electron chi connectivity index (χ2n) is 6.53. The largest absolute Gasteiger partial charge is 0.337 e. The quantitative estimate of drug-likeness (QED) is 0.687. The number of urea groups is 1. The minimum absolute atomic E-state index is 0.0870. The molecule has 20 heavy (non-hydrogen) atoms. The number of carbonyl (C=O) groups is 3. The van der Waals surface area contributed by atoms with Crippen molar-refractivity contribution in [2.24, 2.45) is 5.92 Å². The van der Waals surface area contributed by atoms with Crippen LogP contribution in [0.2, 0.25) is 0 Å². The summed E-state index contributed by atoms with van der Waals surface area (Å²) in [5.41, 5.74) is 0. The number of fused-ring (bicyclic) bond motifs is 1. The molecule has 6 heteroatoms. The first-order valence-electron chi connectivity index (χ1n) is 7.51. The normalized spacial score (nSPS) is 40.0. The molecule has 4 rings (SSSR count). The Balaban J connectivity index is 1.53. The van der Waals surface area contributed by atoms with E-state index in [1.165, 1.54) is 4.90 Å². The van der Waals surface area contributed by atoms with Crippen LogP contribution in [0.4, 0.5) is 4.79 Å². The average molecular weight is 277 g/mol. The summed E-state index contributed by atoms with van der Waals surface area (Å²) in [6.07, 6.45) is 3.03. The molecule has 0 aromatic carbocycles. The molecule has 4 aliphatic rings. The second kappa shape index (κ2) is 3.96. The van der Waals surface area contributed by atoms with Crippen LogP contribution >= 0.6 is 0 Å². The van der Waals surface area contributed by atoms with Crippen LogP contribution in [0.25, 0.3) is 0 Å². The van der Waals surface area contributed by atoms with E-state index in [2.05, 4.69) is 6.92 Å². The third kappa shape index (κ3) is 1.53. The molecule has 4 amide bonds. The van der Waals surface area contributed by atoms with Gasteiger partial charge in [-0.2, -0.15) is 0 Å². The first kappa shape index (κ1) is 12.2. The average Bonchev–Trinajstić information content (AvgIpc) is 2.81. The molecule has 0 unspecified atom stereocenters. The van der Waals surface area contributed by atoms with E-state index in [9.17, 15) is 14.4 Å². The summed E-state index contributed by atoms with van der Waals surface area (Å²) in [5, 5.41) is 0. The lowest BCUT2D eigenvalue weighted by atomic mass is 10.2. The number of likely N-dealkylation sites (tertiary alicyclic amines) is 1. The van der Waals surface area contributed by atoms with Crippen LogP contribution < -0.4 is 0 Å². The van der Waals surface area contributed by atoms with Crippen LogP contribution in [0.3, 0.4) is 0 Å². The van der Waals surface area contributed by atoms with E-state index in [0.717, 1.165) is 19.3 Å². The van der Waals surface area contributed by atoms with Crippen LogP contribution in [0.15, 0.2) is 0 Å². The highest BCUT2D eigenvalue weighted by molar-refractivity contribution is 6.05. The van der Waals surface area contributed by atoms with Crippen molar-refractivity contribution in [2.45, 2.75) is 50.7 Å². The van der Waals surface area contributed by atoms with Gasteiger partial charge in [0.1, 0.15) is 6.04 Å². The number of amides is 4. The highest BCUT2D eigenvalue weighted by atomic mass is 16.2. The Morgan fingerprint density at radius 2 is 1.90 bits per heavy atom. The predicted octanol–water partition coefficient (Wildman–Crippen LogP) is 0.422. The topological polar surface area (TPSA) is 60.9 Å². The van der Waals surface area contributed by atoms with Crippen LogP contribution in [0, 0.1) is 5.92 Å². The van der Waals surface area contributed by atoms with Crippen molar-refractivity contribution in [3.63, 3.8) is 0 Å². The van der Waals surface area contributed by atoms with Gasteiger partial charge in [-0.25, -0.2) is 4.79 Å². The lowest BCUT2D eigenvalue weighted by Gasteiger charge is -2.22. The molecule has 0 aromatic heterocycles. The second-order valence-corrected chi connectivity index (χ2v) is 6.53. The predicted molar refractivity (Wildman–Crippen MR) is 69.7 cm³/mol. The van der Waals surface area contributed by atoms with Gasteiger partial charge in [-0.15, -0.1) is 0 Å². The standard InChI is InChI=1S/C14H19N3O3/c1-8-5-11(8)16-7-9(6-12(16)18)17-13(19)10-3-2-4-15(10)14(17)20/h8-11H,2-7H2,1H3/t8-,9+,10-,11+/m1/s1. The van der Waals surface area contributed by atoms with Crippen molar-refractivity contribution in [3.8, 4) is 0 Å². The first-order chi connectivity index (χ1) is 9.58. The fraction of sp³-hybridized carbons (Fsp3) is 0.786. The van der Waals surface area contributed by atoms with E-state index in [-0.39, 0.29) is 29.9 Å². The van der Waals surface area contributed by atoms with Gasteiger partial charge < -0.3 is 9.80 Å². The van der Waals surface area contributed by atoms with Crippen molar-refractivity contribution in [1.29, 1.82) is 0 Å². The van der Waals surface area contributed by atoms with Gasteiger partial charge in [0, 0.05) is 25.6 Å². The number of carbonyl (C=O) groups excluding carboxylic acids is 3. The molecule has 3 saturated heterocycles. The molecule has 0 bridgehead atoms. The van der Waals surface area contributed by atoms with E-state index < -0.39 is 0 Å². The van der Waals surface area contributed by atoms with E-state index in [4.69, 9.17) is 0 Å². The fourth-order valence-electron chi connectivity index (χ4n) is 3.92. The van der Waals surface area contributed by atoms with Gasteiger partial charge in [0.25, 0.3) is 5.91 Å². The molecule has 4 fully saturated rings. The highest BCUT2D eigenvalue weighted by Crippen LogP contribution is 2.39. The van der Waals surface area contributed by atoms with Crippen molar-refractivity contribution in [3.05, 3.63) is 0 Å². The molecular weight excluding hydrogens is 258 g/mol. The van der Waals surface area contributed by atoms with Gasteiger partial charge in [-0.3, -0.25) is 14.5 Å². The van der Waals surface area contributed by atoms with Crippen molar-refractivity contribution in [1.82, 2.24) is 14.7 Å². The zero-order chi connectivity index (χ0) is 14.0. The van der Waals surface area contributed by atoms with E-state index in [1.54, 1.807) is 4.90 Å². The summed E-state index contributed by atoms with van der Waals surface area (Å²) in [6.45, 7) is 3.34. The van der Waals surface area contributed by atoms with Crippen LogP contribution in [-0.4, -0.2) is 63.8 Å². The summed E-state index contributed by atoms with van der Waals surface area (Å²) in [5.74, 6) is 0.568. The Morgan fingerprint density at radius 1 is 1.15 bits per heavy atom. The Morgan fingerprint density at radius 3 is 2.55 bits per heavy atom. The summed E-state index contributed by atoms with van der Waals surface area (Å²) in [6, 6.07) is -0.353. The number of nitrogens with zero attached hydrogens (tertiary/aromatic N) is 3. The molecule has 0 radical (unpaired) electrons. The van der Waals surface area contributed by atoms with Gasteiger partial charge in [0.2, 0.25) is 5.91 Å². The molecule has 4 atom stereocenters. The first-order valence-corrected chi connectivity index (χ1v) is 7.51.